The van der Waals surface area contributed by atoms with Gasteiger partial charge in [-0.2, -0.15) is 0 Å². The first-order valence-corrected chi connectivity index (χ1v) is 4.06. The predicted molar refractivity (Wildman–Crippen MR) is 56.3 cm³/mol. The summed E-state index contributed by atoms with van der Waals surface area (Å²) in [4.78, 5) is 11.3. The van der Waals surface area contributed by atoms with Crippen LogP contribution >= 0.6 is 12.4 Å². The first-order valence-electron chi connectivity index (χ1n) is 4.06. The fraction of sp³-hybridized carbons (Fsp3) is 0.300. The van der Waals surface area contributed by atoms with Crippen molar-refractivity contribution in [1.82, 2.24) is 5.32 Å². The predicted octanol–water partition coefficient (Wildman–Crippen LogP) is 2.25. The summed E-state index contributed by atoms with van der Waals surface area (Å²) >= 11 is 0. The first kappa shape index (κ1) is 12.0. The third-order valence-electron chi connectivity index (χ3n) is 1.46. The number of benzene rings is 1. The molecule has 0 atom stereocenters. The molecular weight excluding hydrogens is 186 g/mol. The van der Waals surface area contributed by atoms with Crippen LogP contribution in [0, 0.1) is 0 Å². The summed E-state index contributed by atoms with van der Waals surface area (Å²) in [5.74, 6) is -0.00870. The lowest BCUT2D eigenvalue weighted by molar-refractivity contribution is 0.0943. The Morgan fingerprint density at radius 3 is 2.23 bits per heavy atom. The summed E-state index contributed by atoms with van der Waals surface area (Å²) in [6, 6.07) is 9.41. The SMILES string of the molecule is CC(C)NC(=O)c1ccccc1.Cl. The standard InChI is InChI=1S/C10H13NO.ClH/c1-8(2)11-10(12)9-6-4-3-5-7-9;/h3-8H,1-2H3,(H,11,12);1H. The van der Waals surface area contributed by atoms with E-state index in [1.165, 1.54) is 0 Å². The van der Waals surface area contributed by atoms with Crippen molar-refractivity contribution in [3.05, 3.63) is 35.9 Å². The molecule has 0 aliphatic carbocycles. The monoisotopic (exact) mass is 199 g/mol. The van der Waals surface area contributed by atoms with E-state index in [1.54, 1.807) is 12.1 Å². The lowest BCUT2D eigenvalue weighted by atomic mass is 10.2. The molecule has 1 aromatic carbocycles. The van der Waals surface area contributed by atoms with Gasteiger partial charge in [0, 0.05) is 11.6 Å². The zero-order valence-electron chi connectivity index (χ0n) is 7.78. The van der Waals surface area contributed by atoms with Crippen LogP contribution in [-0.4, -0.2) is 11.9 Å². The number of carbonyl (C=O) groups is 1. The molecule has 0 unspecified atom stereocenters. The van der Waals surface area contributed by atoms with Crippen LogP contribution in [0.15, 0.2) is 30.3 Å². The Morgan fingerprint density at radius 1 is 1.23 bits per heavy atom. The second-order valence-corrected chi connectivity index (χ2v) is 2.99. The molecule has 2 nitrogen and oxygen atoms in total. The van der Waals surface area contributed by atoms with Crippen LogP contribution in [0.4, 0.5) is 0 Å². The van der Waals surface area contributed by atoms with Gasteiger partial charge in [-0.1, -0.05) is 18.2 Å². The van der Waals surface area contributed by atoms with Gasteiger partial charge in [0.2, 0.25) is 0 Å². The number of hydrogen-bond donors (Lipinski definition) is 1. The molecule has 13 heavy (non-hydrogen) atoms. The largest absolute Gasteiger partial charge is 0.350 e. The van der Waals surface area contributed by atoms with Gasteiger partial charge in [-0.05, 0) is 26.0 Å². The average molecular weight is 200 g/mol. The van der Waals surface area contributed by atoms with Gasteiger partial charge in [0.1, 0.15) is 0 Å². The van der Waals surface area contributed by atoms with Crippen molar-refractivity contribution < 1.29 is 4.79 Å². The lowest BCUT2D eigenvalue weighted by Gasteiger charge is -2.07. The maximum atomic E-state index is 11.3. The van der Waals surface area contributed by atoms with Crippen molar-refractivity contribution in [2.45, 2.75) is 19.9 Å². The Labute approximate surface area is 84.8 Å². The summed E-state index contributed by atoms with van der Waals surface area (Å²) < 4.78 is 0. The highest BCUT2D eigenvalue weighted by Crippen LogP contribution is 1.98. The van der Waals surface area contributed by atoms with Crippen LogP contribution in [0.2, 0.25) is 0 Å². The van der Waals surface area contributed by atoms with E-state index in [4.69, 9.17) is 0 Å². The van der Waals surface area contributed by atoms with Gasteiger partial charge in [-0.25, -0.2) is 0 Å². The smallest absolute Gasteiger partial charge is 0.251 e. The molecule has 0 fully saturated rings. The van der Waals surface area contributed by atoms with Crippen molar-refractivity contribution in [2.24, 2.45) is 0 Å². The van der Waals surface area contributed by atoms with Crippen LogP contribution in [0.25, 0.3) is 0 Å². The van der Waals surface area contributed by atoms with Crippen LogP contribution in [0.3, 0.4) is 0 Å². The molecule has 72 valence electrons. The molecule has 0 aliphatic rings. The number of carbonyl (C=O) groups excluding carboxylic acids is 1. The molecule has 3 heteroatoms. The van der Waals surface area contributed by atoms with Crippen LogP contribution in [-0.2, 0) is 0 Å². The highest BCUT2D eigenvalue weighted by atomic mass is 35.5. The lowest BCUT2D eigenvalue weighted by Crippen LogP contribution is -2.29. The number of hydrogen-bond acceptors (Lipinski definition) is 1. The Bertz CT molecular complexity index is 259. The second-order valence-electron chi connectivity index (χ2n) is 2.99. The van der Waals surface area contributed by atoms with E-state index < -0.39 is 0 Å². The van der Waals surface area contributed by atoms with Crippen molar-refractivity contribution in [2.75, 3.05) is 0 Å². The highest BCUT2D eigenvalue weighted by molar-refractivity contribution is 5.94. The van der Waals surface area contributed by atoms with Gasteiger partial charge in [0.25, 0.3) is 5.91 Å². The fourth-order valence-corrected chi connectivity index (χ4v) is 0.935. The number of rotatable bonds is 2. The van der Waals surface area contributed by atoms with Gasteiger partial charge in [-0.3, -0.25) is 4.79 Å². The van der Waals surface area contributed by atoms with Gasteiger partial charge < -0.3 is 5.32 Å². The second kappa shape index (κ2) is 5.60. The molecule has 0 saturated heterocycles. The number of amides is 1. The average Bonchev–Trinajstić information content (AvgIpc) is 2.05. The number of halogens is 1. The van der Waals surface area contributed by atoms with E-state index in [2.05, 4.69) is 5.32 Å². The summed E-state index contributed by atoms with van der Waals surface area (Å²) in [5, 5.41) is 2.82. The minimum Gasteiger partial charge on any atom is -0.350 e. The molecule has 0 bridgehead atoms. The Hall–Kier alpha value is -1.02. The third-order valence-corrected chi connectivity index (χ3v) is 1.46. The topological polar surface area (TPSA) is 29.1 Å². The third kappa shape index (κ3) is 3.95. The minimum absolute atomic E-state index is 0. The van der Waals surface area contributed by atoms with Gasteiger partial charge >= 0.3 is 0 Å². The molecule has 0 aliphatic heterocycles. The van der Waals surface area contributed by atoms with Crippen molar-refractivity contribution in [1.29, 1.82) is 0 Å². The summed E-state index contributed by atoms with van der Waals surface area (Å²) in [5.41, 5.74) is 0.714. The summed E-state index contributed by atoms with van der Waals surface area (Å²) in [6.07, 6.45) is 0. The molecule has 0 spiro atoms. The molecule has 1 aromatic rings. The Kier molecular flexibility index (Phi) is 5.16. The van der Waals surface area contributed by atoms with Crippen LogP contribution in [0.1, 0.15) is 24.2 Å². The van der Waals surface area contributed by atoms with E-state index in [-0.39, 0.29) is 24.4 Å². The van der Waals surface area contributed by atoms with Crippen molar-refractivity contribution in [3.63, 3.8) is 0 Å². The number of nitrogens with one attached hydrogen (secondary N) is 1. The molecule has 0 heterocycles. The van der Waals surface area contributed by atoms with Gasteiger partial charge in [0.05, 0.1) is 0 Å². The minimum atomic E-state index is -0.00870. The Morgan fingerprint density at radius 2 is 1.77 bits per heavy atom. The normalized spacial score (nSPS) is 9.15. The fourth-order valence-electron chi connectivity index (χ4n) is 0.935. The zero-order valence-corrected chi connectivity index (χ0v) is 8.60. The van der Waals surface area contributed by atoms with Crippen LogP contribution < -0.4 is 5.32 Å². The van der Waals surface area contributed by atoms with E-state index in [0.29, 0.717) is 5.56 Å². The molecule has 1 amide bonds. The quantitative estimate of drug-likeness (QED) is 0.778. The maximum absolute atomic E-state index is 11.3. The van der Waals surface area contributed by atoms with E-state index >= 15 is 0 Å². The molecular formula is C10H14ClNO. The van der Waals surface area contributed by atoms with Crippen LogP contribution in [0.5, 0.6) is 0 Å². The molecule has 0 saturated carbocycles. The molecule has 1 rings (SSSR count). The molecule has 1 N–H and O–H groups in total. The van der Waals surface area contributed by atoms with E-state index in [9.17, 15) is 4.79 Å². The summed E-state index contributed by atoms with van der Waals surface area (Å²) in [7, 11) is 0. The first-order chi connectivity index (χ1) is 5.70. The van der Waals surface area contributed by atoms with Crippen molar-refractivity contribution in [3.8, 4) is 0 Å². The zero-order chi connectivity index (χ0) is 8.97. The van der Waals surface area contributed by atoms with Gasteiger partial charge in [0.15, 0.2) is 0 Å². The Balaban J connectivity index is 0.00000144. The maximum Gasteiger partial charge on any atom is 0.251 e. The van der Waals surface area contributed by atoms with Gasteiger partial charge in [-0.15, -0.1) is 12.4 Å². The van der Waals surface area contributed by atoms with E-state index in [1.807, 2.05) is 32.0 Å². The molecule has 0 aromatic heterocycles. The molecule has 0 radical (unpaired) electrons. The summed E-state index contributed by atoms with van der Waals surface area (Å²) in [6.45, 7) is 3.89. The highest BCUT2D eigenvalue weighted by Gasteiger charge is 2.04. The van der Waals surface area contributed by atoms with Crippen molar-refractivity contribution >= 4 is 18.3 Å². The van der Waals surface area contributed by atoms with E-state index in [0.717, 1.165) is 0 Å².